The van der Waals surface area contributed by atoms with E-state index in [2.05, 4.69) is 38.6 Å². The van der Waals surface area contributed by atoms with Crippen LogP contribution in [0.3, 0.4) is 0 Å². The summed E-state index contributed by atoms with van der Waals surface area (Å²) in [5.74, 6) is 0. The fourth-order valence-corrected chi connectivity index (χ4v) is 2.29. The second kappa shape index (κ2) is 3.11. The van der Waals surface area contributed by atoms with Gasteiger partial charge in [0, 0.05) is 17.7 Å². The van der Waals surface area contributed by atoms with Crippen LogP contribution in [-0.4, -0.2) is 9.78 Å². The van der Waals surface area contributed by atoms with Crippen LogP contribution in [0.1, 0.15) is 57.8 Å². The molecule has 0 radical (unpaired) electrons. The minimum Gasteiger partial charge on any atom is -0.270 e. The number of aryl methyl sites for hydroxylation is 1. The molecule has 1 aromatic heterocycles. The number of rotatable bonds is 1. The Morgan fingerprint density at radius 1 is 1.43 bits per heavy atom. The van der Waals surface area contributed by atoms with E-state index in [0.29, 0.717) is 6.04 Å². The molecule has 2 heteroatoms. The molecule has 1 aromatic rings. The Balaban J connectivity index is 2.44. The lowest BCUT2D eigenvalue weighted by molar-refractivity contribution is 0.411. The van der Waals surface area contributed by atoms with Gasteiger partial charge in [0.25, 0.3) is 0 Å². The molecule has 78 valence electrons. The largest absolute Gasteiger partial charge is 0.270 e. The lowest BCUT2D eigenvalue weighted by atomic mass is 9.77. The van der Waals surface area contributed by atoms with E-state index in [1.165, 1.54) is 30.5 Å². The summed E-state index contributed by atoms with van der Waals surface area (Å²) in [6.07, 6.45) is 6.03. The van der Waals surface area contributed by atoms with E-state index in [1.54, 1.807) is 0 Å². The zero-order valence-corrected chi connectivity index (χ0v) is 9.67. The number of nitrogens with zero attached hydrogens (tertiary/aromatic N) is 2. The molecule has 0 aromatic carbocycles. The summed E-state index contributed by atoms with van der Waals surface area (Å²) in [7, 11) is 0. The molecular weight excluding hydrogens is 172 g/mol. The minimum atomic E-state index is 0.285. The first-order valence-corrected chi connectivity index (χ1v) is 5.59. The van der Waals surface area contributed by atoms with E-state index in [4.69, 9.17) is 5.10 Å². The molecule has 0 saturated carbocycles. The van der Waals surface area contributed by atoms with Crippen molar-refractivity contribution in [1.82, 2.24) is 9.78 Å². The summed E-state index contributed by atoms with van der Waals surface area (Å²) in [4.78, 5) is 0. The molecule has 14 heavy (non-hydrogen) atoms. The van der Waals surface area contributed by atoms with Crippen LogP contribution in [0.5, 0.6) is 0 Å². The van der Waals surface area contributed by atoms with Crippen LogP contribution < -0.4 is 0 Å². The molecule has 0 unspecified atom stereocenters. The first-order chi connectivity index (χ1) is 6.50. The van der Waals surface area contributed by atoms with E-state index < -0.39 is 0 Å². The highest BCUT2D eigenvalue weighted by atomic mass is 15.3. The van der Waals surface area contributed by atoms with Gasteiger partial charge in [0.2, 0.25) is 0 Å². The molecule has 1 aliphatic carbocycles. The van der Waals surface area contributed by atoms with Crippen molar-refractivity contribution in [2.24, 2.45) is 0 Å². The third kappa shape index (κ3) is 1.47. The maximum Gasteiger partial charge on any atom is 0.0712 e. The summed E-state index contributed by atoms with van der Waals surface area (Å²) in [6, 6.07) is 0.483. The predicted molar refractivity (Wildman–Crippen MR) is 58.6 cm³/mol. The van der Waals surface area contributed by atoms with Gasteiger partial charge in [0.1, 0.15) is 0 Å². The zero-order chi connectivity index (χ0) is 10.3. The van der Waals surface area contributed by atoms with Gasteiger partial charge in [-0.25, -0.2) is 0 Å². The molecule has 0 N–H and O–H groups in total. The van der Waals surface area contributed by atoms with E-state index in [-0.39, 0.29) is 5.41 Å². The molecule has 1 heterocycles. The van der Waals surface area contributed by atoms with Crippen molar-refractivity contribution in [3.63, 3.8) is 0 Å². The second-order valence-electron chi connectivity index (χ2n) is 5.31. The topological polar surface area (TPSA) is 17.8 Å². The van der Waals surface area contributed by atoms with Crippen molar-refractivity contribution in [3.8, 4) is 0 Å². The summed E-state index contributed by atoms with van der Waals surface area (Å²) < 4.78 is 2.11. The van der Waals surface area contributed by atoms with Crippen molar-refractivity contribution >= 4 is 0 Å². The summed E-state index contributed by atoms with van der Waals surface area (Å²) >= 11 is 0. The van der Waals surface area contributed by atoms with Crippen molar-refractivity contribution in [3.05, 3.63) is 17.5 Å². The van der Waals surface area contributed by atoms with Gasteiger partial charge in [0.15, 0.2) is 0 Å². The molecular formula is C12H20N2. The maximum atomic E-state index is 4.72. The Morgan fingerprint density at radius 2 is 2.14 bits per heavy atom. The molecule has 0 spiro atoms. The van der Waals surface area contributed by atoms with Crippen LogP contribution in [-0.2, 0) is 11.8 Å². The molecule has 2 nitrogen and oxygen atoms in total. The van der Waals surface area contributed by atoms with Crippen LogP contribution >= 0.6 is 0 Å². The Kier molecular flexibility index (Phi) is 2.17. The SMILES string of the molecule is CC(C)n1cc2c(n1)C(C)(C)CCC2. The van der Waals surface area contributed by atoms with E-state index in [0.717, 1.165) is 0 Å². The zero-order valence-electron chi connectivity index (χ0n) is 9.67. The fraction of sp³-hybridized carbons (Fsp3) is 0.750. The van der Waals surface area contributed by atoms with Gasteiger partial charge in [-0.15, -0.1) is 0 Å². The first-order valence-electron chi connectivity index (χ1n) is 5.59. The Hall–Kier alpha value is -0.790. The quantitative estimate of drug-likeness (QED) is 0.668. The van der Waals surface area contributed by atoms with E-state index >= 15 is 0 Å². The summed E-state index contributed by atoms with van der Waals surface area (Å²) in [6.45, 7) is 8.99. The molecule has 0 saturated heterocycles. The third-order valence-corrected chi connectivity index (χ3v) is 3.23. The molecule has 0 atom stereocenters. The number of fused-ring (bicyclic) bond motifs is 1. The molecule has 0 fully saturated rings. The van der Waals surface area contributed by atoms with Crippen LogP contribution in [0, 0.1) is 0 Å². The van der Waals surface area contributed by atoms with Gasteiger partial charge in [-0.05, 0) is 38.7 Å². The predicted octanol–water partition coefficient (Wildman–Crippen LogP) is 3.08. The minimum absolute atomic E-state index is 0.285. The van der Waals surface area contributed by atoms with Gasteiger partial charge >= 0.3 is 0 Å². The van der Waals surface area contributed by atoms with Gasteiger partial charge < -0.3 is 0 Å². The van der Waals surface area contributed by atoms with Crippen molar-refractivity contribution < 1.29 is 0 Å². The third-order valence-electron chi connectivity index (χ3n) is 3.23. The Bertz CT molecular complexity index is 334. The highest BCUT2D eigenvalue weighted by molar-refractivity contribution is 5.27. The molecule has 0 amide bonds. The molecule has 0 bridgehead atoms. The number of aromatic nitrogens is 2. The smallest absolute Gasteiger partial charge is 0.0712 e. The fourth-order valence-electron chi connectivity index (χ4n) is 2.29. The highest BCUT2D eigenvalue weighted by Crippen LogP contribution is 2.35. The Labute approximate surface area is 86.3 Å². The van der Waals surface area contributed by atoms with Gasteiger partial charge in [-0.3, -0.25) is 4.68 Å². The first kappa shape index (κ1) is 9.75. The average molecular weight is 192 g/mol. The van der Waals surface area contributed by atoms with Crippen LogP contribution in [0.2, 0.25) is 0 Å². The van der Waals surface area contributed by atoms with Gasteiger partial charge in [0.05, 0.1) is 5.69 Å². The molecule has 0 aliphatic heterocycles. The standard InChI is InChI=1S/C12H20N2/c1-9(2)14-8-10-6-5-7-12(3,4)11(10)13-14/h8-9H,5-7H2,1-4H3. The van der Waals surface area contributed by atoms with Crippen molar-refractivity contribution in [1.29, 1.82) is 0 Å². The molecule has 2 rings (SSSR count). The average Bonchev–Trinajstić information content (AvgIpc) is 2.48. The highest BCUT2D eigenvalue weighted by Gasteiger charge is 2.30. The summed E-state index contributed by atoms with van der Waals surface area (Å²) in [5.41, 5.74) is 3.08. The molecule has 1 aliphatic rings. The lowest BCUT2D eigenvalue weighted by Crippen LogP contribution is -2.23. The van der Waals surface area contributed by atoms with E-state index in [1.807, 2.05) is 0 Å². The van der Waals surface area contributed by atoms with Crippen LogP contribution in [0.15, 0.2) is 6.20 Å². The monoisotopic (exact) mass is 192 g/mol. The Morgan fingerprint density at radius 3 is 2.71 bits per heavy atom. The maximum absolute atomic E-state index is 4.72. The number of hydrogen-bond donors (Lipinski definition) is 0. The lowest BCUT2D eigenvalue weighted by Gasteiger charge is -2.27. The number of hydrogen-bond acceptors (Lipinski definition) is 1. The van der Waals surface area contributed by atoms with E-state index in [9.17, 15) is 0 Å². The normalized spacial score (nSPS) is 19.8. The van der Waals surface area contributed by atoms with Crippen LogP contribution in [0.25, 0.3) is 0 Å². The van der Waals surface area contributed by atoms with Gasteiger partial charge in [-0.2, -0.15) is 5.10 Å². The summed E-state index contributed by atoms with van der Waals surface area (Å²) in [5, 5.41) is 4.72. The van der Waals surface area contributed by atoms with Gasteiger partial charge in [-0.1, -0.05) is 13.8 Å². The van der Waals surface area contributed by atoms with Crippen molar-refractivity contribution in [2.45, 2.75) is 58.4 Å². The van der Waals surface area contributed by atoms with Crippen LogP contribution in [0.4, 0.5) is 0 Å². The second-order valence-corrected chi connectivity index (χ2v) is 5.31. The van der Waals surface area contributed by atoms with Crippen molar-refractivity contribution in [2.75, 3.05) is 0 Å².